The molecule has 7 heteroatoms. The highest BCUT2D eigenvalue weighted by Crippen LogP contribution is 2.21. The average Bonchev–Trinajstić information content (AvgIpc) is 2.68. The van der Waals surface area contributed by atoms with Crippen LogP contribution in [0.5, 0.6) is 0 Å². The number of hydrogen-bond acceptors (Lipinski definition) is 2. The molecule has 2 aromatic rings. The van der Waals surface area contributed by atoms with Crippen LogP contribution in [0.1, 0.15) is 28.8 Å². The quantitative estimate of drug-likeness (QED) is 0.789. The van der Waals surface area contributed by atoms with Crippen LogP contribution in [0.3, 0.4) is 0 Å². The lowest BCUT2D eigenvalue weighted by Crippen LogP contribution is -2.42. The fraction of sp³-hybridized carbons (Fsp3) is 0.300. The van der Waals surface area contributed by atoms with Crippen molar-refractivity contribution in [2.24, 2.45) is 5.92 Å². The van der Waals surface area contributed by atoms with Crippen LogP contribution in [0.25, 0.3) is 0 Å². The number of nitrogens with zero attached hydrogens (tertiary/aromatic N) is 1. The molecule has 1 aliphatic rings. The highest BCUT2D eigenvalue weighted by atomic mass is 79.9. The van der Waals surface area contributed by atoms with E-state index in [-0.39, 0.29) is 35.9 Å². The molecule has 2 aromatic carbocycles. The Bertz CT molecular complexity index is 834. The first-order valence-corrected chi connectivity index (χ1v) is 9.50. The third-order valence-electron chi connectivity index (χ3n) is 4.70. The molecule has 1 fully saturated rings. The van der Waals surface area contributed by atoms with E-state index in [0.29, 0.717) is 37.1 Å². The Morgan fingerprint density at radius 1 is 1.04 bits per heavy atom. The summed E-state index contributed by atoms with van der Waals surface area (Å²) < 4.78 is 27.0. The fourth-order valence-electron chi connectivity index (χ4n) is 3.13. The maximum Gasteiger partial charge on any atom is 0.253 e. The number of rotatable bonds is 4. The molecule has 1 saturated heterocycles. The lowest BCUT2D eigenvalue weighted by Gasteiger charge is -2.31. The van der Waals surface area contributed by atoms with Gasteiger partial charge in [-0.05, 0) is 60.9 Å². The molecule has 0 bridgehead atoms. The Morgan fingerprint density at radius 2 is 1.67 bits per heavy atom. The molecule has 0 spiro atoms. The maximum absolute atomic E-state index is 13.3. The average molecular weight is 437 g/mol. The van der Waals surface area contributed by atoms with Crippen molar-refractivity contribution >= 4 is 27.7 Å². The highest BCUT2D eigenvalue weighted by molar-refractivity contribution is 9.10. The number of carbonyl (C=O) groups excluding carboxylic acids is 2. The first kappa shape index (κ1) is 19.5. The number of amides is 2. The lowest BCUT2D eigenvalue weighted by molar-refractivity contribution is -0.126. The molecule has 27 heavy (non-hydrogen) atoms. The zero-order valence-corrected chi connectivity index (χ0v) is 16.1. The normalized spacial score (nSPS) is 14.9. The van der Waals surface area contributed by atoms with Crippen LogP contribution >= 0.6 is 15.9 Å². The zero-order valence-electron chi connectivity index (χ0n) is 14.6. The Hall–Kier alpha value is -2.28. The number of nitrogens with one attached hydrogen (secondary N) is 1. The molecule has 0 unspecified atom stereocenters. The summed E-state index contributed by atoms with van der Waals surface area (Å²) in [4.78, 5) is 26.5. The first-order chi connectivity index (χ1) is 12.9. The van der Waals surface area contributed by atoms with Crippen LogP contribution in [0.4, 0.5) is 8.78 Å². The van der Waals surface area contributed by atoms with Gasteiger partial charge in [-0.25, -0.2) is 8.78 Å². The van der Waals surface area contributed by atoms with Crippen LogP contribution in [0.15, 0.2) is 46.9 Å². The van der Waals surface area contributed by atoms with E-state index in [4.69, 9.17) is 0 Å². The summed E-state index contributed by atoms with van der Waals surface area (Å²) in [6.45, 7) is 1.18. The molecule has 0 aliphatic carbocycles. The van der Waals surface area contributed by atoms with Crippen molar-refractivity contribution in [3.8, 4) is 0 Å². The van der Waals surface area contributed by atoms with Crippen LogP contribution < -0.4 is 5.32 Å². The second-order valence-corrected chi connectivity index (χ2v) is 7.38. The largest absolute Gasteiger partial charge is 0.352 e. The number of likely N-dealkylation sites (tertiary alicyclic amines) is 1. The van der Waals surface area contributed by atoms with E-state index in [0.717, 1.165) is 4.47 Å². The molecule has 0 radical (unpaired) electrons. The van der Waals surface area contributed by atoms with Crippen LogP contribution in [0, 0.1) is 17.6 Å². The second kappa shape index (κ2) is 8.61. The topological polar surface area (TPSA) is 49.4 Å². The SMILES string of the molecule is O=C(NCc1cc(F)ccc1Br)C1CCN(C(=O)c2ccc(F)cc2)CC1. The maximum atomic E-state index is 13.3. The Labute approximate surface area is 164 Å². The number of piperidine rings is 1. The van der Waals surface area contributed by atoms with Crippen molar-refractivity contribution in [3.63, 3.8) is 0 Å². The summed E-state index contributed by atoms with van der Waals surface area (Å²) in [5, 5.41) is 2.84. The molecule has 1 heterocycles. The van der Waals surface area contributed by atoms with Crippen molar-refractivity contribution < 1.29 is 18.4 Å². The summed E-state index contributed by atoms with van der Waals surface area (Å²) in [7, 11) is 0. The van der Waals surface area contributed by atoms with E-state index >= 15 is 0 Å². The molecule has 3 rings (SSSR count). The number of halogens is 3. The summed E-state index contributed by atoms with van der Waals surface area (Å²) in [5.74, 6) is -1.17. The van der Waals surface area contributed by atoms with Gasteiger partial charge < -0.3 is 10.2 Å². The molecule has 1 aliphatic heterocycles. The van der Waals surface area contributed by atoms with Crippen molar-refractivity contribution in [2.45, 2.75) is 19.4 Å². The van der Waals surface area contributed by atoms with Gasteiger partial charge in [0.05, 0.1) is 0 Å². The van der Waals surface area contributed by atoms with Gasteiger partial charge in [0.2, 0.25) is 5.91 Å². The molecule has 0 saturated carbocycles. The van der Waals surface area contributed by atoms with Gasteiger partial charge in [0.1, 0.15) is 11.6 Å². The molecule has 0 aromatic heterocycles. The van der Waals surface area contributed by atoms with Gasteiger partial charge in [-0.3, -0.25) is 9.59 Å². The minimum atomic E-state index is -0.383. The van der Waals surface area contributed by atoms with E-state index < -0.39 is 0 Å². The summed E-state index contributed by atoms with van der Waals surface area (Å²) in [5.41, 5.74) is 1.11. The molecule has 0 atom stereocenters. The minimum Gasteiger partial charge on any atom is -0.352 e. The fourth-order valence-corrected chi connectivity index (χ4v) is 3.51. The van der Waals surface area contributed by atoms with Crippen molar-refractivity contribution in [1.82, 2.24) is 10.2 Å². The van der Waals surface area contributed by atoms with Gasteiger partial charge in [0.25, 0.3) is 5.91 Å². The standard InChI is InChI=1S/C20H19BrF2N2O2/c21-18-6-5-17(23)11-15(18)12-24-19(26)13-7-9-25(10-8-13)20(27)14-1-3-16(22)4-2-14/h1-6,11,13H,7-10,12H2,(H,24,26). The Morgan fingerprint density at radius 3 is 2.33 bits per heavy atom. The second-order valence-electron chi connectivity index (χ2n) is 6.53. The van der Waals surface area contributed by atoms with Gasteiger partial charge in [0, 0.05) is 35.6 Å². The van der Waals surface area contributed by atoms with Gasteiger partial charge >= 0.3 is 0 Å². The van der Waals surface area contributed by atoms with Gasteiger partial charge in [-0.1, -0.05) is 15.9 Å². The minimum absolute atomic E-state index is 0.0972. The number of benzene rings is 2. The highest BCUT2D eigenvalue weighted by Gasteiger charge is 2.27. The van der Waals surface area contributed by atoms with Gasteiger partial charge in [0.15, 0.2) is 0 Å². The van der Waals surface area contributed by atoms with E-state index in [1.807, 2.05) is 0 Å². The third-order valence-corrected chi connectivity index (χ3v) is 5.48. The van der Waals surface area contributed by atoms with E-state index in [1.54, 1.807) is 11.0 Å². The zero-order chi connectivity index (χ0) is 19.4. The molecular formula is C20H19BrF2N2O2. The lowest BCUT2D eigenvalue weighted by atomic mass is 9.95. The van der Waals surface area contributed by atoms with Gasteiger partial charge in [-0.2, -0.15) is 0 Å². The van der Waals surface area contributed by atoms with Crippen molar-refractivity contribution in [2.75, 3.05) is 13.1 Å². The summed E-state index contributed by atoms with van der Waals surface area (Å²) in [6, 6.07) is 9.80. The van der Waals surface area contributed by atoms with Crippen LogP contribution in [0.2, 0.25) is 0 Å². The van der Waals surface area contributed by atoms with Crippen molar-refractivity contribution in [3.05, 3.63) is 69.7 Å². The Kier molecular flexibility index (Phi) is 6.21. The molecular weight excluding hydrogens is 418 g/mol. The van der Waals surface area contributed by atoms with Gasteiger partial charge in [-0.15, -0.1) is 0 Å². The smallest absolute Gasteiger partial charge is 0.253 e. The monoisotopic (exact) mass is 436 g/mol. The molecule has 2 amide bonds. The van der Waals surface area contributed by atoms with E-state index in [2.05, 4.69) is 21.2 Å². The number of hydrogen-bond donors (Lipinski definition) is 1. The molecule has 4 nitrogen and oxygen atoms in total. The van der Waals surface area contributed by atoms with Crippen LogP contribution in [-0.2, 0) is 11.3 Å². The Balaban J connectivity index is 1.51. The molecule has 142 valence electrons. The van der Waals surface area contributed by atoms with Crippen molar-refractivity contribution in [1.29, 1.82) is 0 Å². The van der Waals surface area contributed by atoms with E-state index in [1.165, 1.54) is 36.4 Å². The van der Waals surface area contributed by atoms with E-state index in [9.17, 15) is 18.4 Å². The molecule has 1 N–H and O–H groups in total. The first-order valence-electron chi connectivity index (χ1n) is 8.70. The third kappa shape index (κ3) is 4.91. The predicted molar refractivity (Wildman–Crippen MR) is 101 cm³/mol. The summed E-state index contributed by atoms with van der Waals surface area (Å²) in [6.07, 6.45) is 1.12. The predicted octanol–water partition coefficient (Wildman–Crippen LogP) is 3.90. The van der Waals surface area contributed by atoms with Crippen LogP contribution in [-0.4, -0.2) is 29.8 Å². The summed E-state index contributed by atoms with van der Waals surface area (Å²) >= 11 is 3.34. The number of carbonyl (C=O) groups is 2.